The van der Waals surface area contributed by atoms with Crippen LogP contribution in [-0.2, 0) is 9.84 Å². The van der Waals surface area contributed by atoms with Crippen molar-refractivity contribution in [2.75, 3.05) is 26.0 Å². The predicted octanol–water partition coefficient (Wildman–Crippen LogP) is 4.38. The summed E-state index contributed by atoms with van der Waals surface area (Å²) in [5.74, 6) is 0.241. The molecule has 1 aliphatic heterocycles. The summed E-state index contributed by atoms with van der Waals surface area (Å²) in [6, 6.07) is 13.6. The van der Waals surface area contributed by atoms with Crippen LogP contribution in [0, 0.1) is 17.2 Å². The van der Waals surface area contributed by atoms with Crippen LogP contribution >= 0.6 is 23.2 Å². The molecule has 1 saturated heterocycles. The number of likely N-dealkylation sites (tertiary alicyclic amines) is 1. The van der Waals surface area contributed by atoms with Crippen molar-refractivity contribution in [3.05, 3.63) is 81.6 Å². The number of amides is 1. The minimum Gasteiger partial charge on any atom is -0.478 e. The molecular weight excluding hydrogens is 523 g/mol. The van der Waals surface area contributed by atoms with Crippen LogP contribution in [-0.4, -0.2) is 55.1 Å². The average molecular weight is 545 g/mol. The normalized spacial score (nSPS) is 17.6. The zero-order valence-electron chi connectivity index (χ0n) is 19.3. The number of carbonyl (C=O) groups is 1. The van der Waals surface area contributed by atoms with Crippen LogP contribution in [0.4, 0.5) is 0 Å². The highest BCUT2D eigenvalue weighted by Crippen LogP contribution is 2.37. The Morgan fingerprint density at radius 1 is 1.11 bits per heavy atom. The van der Waals surface area contributed by atoms with E-state index in [0.29, 0.717) is 53.2 Å². The van der Waals surface area contributed by atoms with Crippen LogP contribution in [0.1, 0.15) is 33.8 Å². The number of pyridine rings is 2. The molecule has 11 heteroatoms. The summed E-state index contributed by atoms with van der Waals surface area (Å²) in [6.07, 6.45) is 4.45. The SMILES string of the molecule is CS(=O)(=O)c1ccc(C(=O)N2CC(CCOc3ccc(C#N)cn3)C(c3ccc(Cl)c(Cl)c3)C2)cn1. The highest BCUT2D eigenvalue weighted by Gasteiger charge is 2.36. The first-order chi connectivity index (χ1) is 17.2. The second-order valence-corrected chi connectivity index (χ2v) is 11.3. The summed E-state index contributed by atoms with van der Waals surface area (Å²) in [6.45, 7) is 1.29. The molecule has 2 atom stereocenters. The van der Waals surface area contributed by atoms with Crippen molar-refractivity contribution in [2.45, 2.75) is 17.4 Å². The number of nitrogens with zero attached hydrogens (tertiary/aromatic N) is 4. The van der Waals surface area contributed by atoms with Gasteiger partial charge in [0.1, 0.15) is 6.07 Å². The predicted molar refractivity (Wildman–Crippen MR) is 135 cm³/mol. The van der Waals surface area contributed by atoms with Crippen LogP contribution in [0.2, 0.25) is 10.0 Å². The van der Waals surface area contributed by atoms with Gasteiger partial charge in [0.15, 0.2) is 14.9 Å². The molecule has 8 nitrogen and oxygen atoms in total. The van der Waals surface area contributed by atoms with E-state index in [0.717, 1.165) is 11.8 Å². The lowest BCUT2D eigenvalue weighted by Crippen LogP contribution is -2.29. The maximum absolute atomic E-state index is 13.2. The van der Waals surface area contributed by atoms with E-state index in [-0.39, 0.29) is 22.8 Å². The van der Waals surface area contributed by atoms with E-state index < -0.39 is 9.84 Å². The van der Waals surface area contributed by atoms with Gasteiger partial charge in [0.25, 0.3) is 5.91 Å². The Bertz CT molecular complexity index is 1410. The first kappa shape index (κ1) is 25.9. The zero-order chi connectivity index (χ0) is 25.9. The molecule has 36 heavy (non-hydrogen) atoms. The van der Waals surface area contributed by atoms with Crippen LogP contribution in [0.15, 0.2) is 59.9 Å². The minimum absolute atomic E-state index is 0.00973. The van der Waals surface area contributed by atoms with Crippen molar-refractivity contribution in [1.82, 2.24) is 14.9 Å². The summed E-state index contributed by atoms with van der Waals surface area (Å²) in [4.78, 5) is 23.0. The monoisotopic (exact) mass is 544 g/mol. The van der Waals surface area contributed by atoms with Crippen molar-refractivity contribution in [1.29, 1.82) is 5.26 Å². The van der Waals surface area contributed by atoms with Crippen LogP contribution in [0.25, 0.3) is 0 Å². The molecule has 3 heterocycles. The molecule has 0 bridgehead atoms. The van der Waals surface area contributed by atoms with E-state index in [1.807, 2.05) is 18.2 Å². The number of ether oxygens (including phenoxy) is 1. The van der Waals surface area contributed by atoms with E-state index in [1.165, 1.54) is 24.5 Å². The molecule has 0 aliphatic carbocycles. The molecule has 2 unspecified atom stereocenters. The Balaban J connectivity index is 1.50. The van der Waals surface area contributed by atoms with E-state index in [2.05, 4.69) is 9.97 Å². The standard InChI is InChI=1S/C25H22Cl2N4O4S/c1-36(33,34)24-7-4-18(13-30-24)25(32)31-14-19(8-9-35-23-6-2-16(11-28)12-29-23)20(15-31)17-3-5-21(26)22(27)10-17/h2-7,10,12-13,19-20H,8-9,14-15H2,1H3. The topological polar surface area (TPSA) is 113 Å². The fourth-order valence-corrected chi connectivity index (χ4v) is 5.07. The second-order valence-electron chi connectivity index (χ2n) is 8.54. The third-order valence-corrected chi connectivity index (χ3v) is 7.81. The lowest BCUT2D eigenvalue weighted by molar-refractivity contribution is 0.0783. The third-order valence-electron chi connectivity index (χ3n) is 6.07. The number of carbonyl (C=O) groups excluding carboxylic acids is 1. The quantitative estimate of drug-likeness (QED) is 0.433. The summed E-state index contributed by atoms with van der Waals surface area (Å²) < 4.78 is 29.2. The van der Waals surface area contributed by atoms with Crippen molar-refractivity contribution < 1.29 is 17.9 Å². The number of sulfone groups is 1. The van der Waals surface area contributed by atoms with Gasteiger partial charge in [-0.3, -0.25) is 4.79 Å². The summed E-state index contributed by atoms with van der Waals surface area (Å²) in [7, 11) is -3.46. The Kier molecular flexibility index (Phi) is 7.79. The number of benzene rings is 1. The number of rotatable bonds is 7. The summed E-state index contributed by atoms with van der Waals surface area (Å²) in [5, 5.41) is 9.72. The first-order valence-corrected chi connectivity index (χ1v) is 13.7. The number of nitriles is 1. The maximum atomic E-state index is 13.2. The van der Waals surface area contributed by atoms with Gasteiger partial charge in [-0.1, -0.05) is 29.3 Å². The lowest BCUT2D eigenvalue weighted by Gasteiger charge is -2.19. The molecule has 1 fully saturated rings. The number of halogens is 2. The van der Waals surface area contributed by atoms with Gasteiger partial charge in [-0.25, -0.2) is 18.4 Å². The van der Waals surface area contributed by atoms with E-state index in [1.54, 1.807) is 23.1 Å². The molecule has 186 valence electrons. The summed E-state index contributed by atoms with van der Waals surface area (Å²) in [5.41, 5.74) is 1.73. The summed E-state index contributed by atoms with van der Waals surface area (Å²) >= 11 is 12.4. The molecule has 0 spiro atoms. The molecule has 1 amide bonds. The van der Waals surface area contributed by atoms with Gasteiger partial charge in [0, 0.05) is 43.7 Å². The Hall–Kier alpha value is -3.19. The highest BCUT2D eigenvalue weighted by molar-refractivity contribution is 7.90. The Morgan fingerprint density at radius 3 is 2.53 bits per heavy atom. The first-order valence-electron chi connectivity index (χ1n) is 11.0. The van der Waals surface area contributed by atoms with Gasteiger partial charge in [0.05, 0.1) is 27.8 Å². The fourth-order valence-electron chi connectivity index (χ4n) is 4.21. The smallest absolute Gasteiger partial charge is 0.255 e. The minimum atomic E-state index is -3.46. The van der Waals surface area contributed by atoms with Crippen LogP contribution in [0.3, 0.4) is 0 Å². The van der Waals surface area contributed by atoms with E-state index in [4.69, 9.17) is 33.2 Å². The second kappa shape index (κ2) is 10.8. The van der Waals surface area contributed by atoms with Crippen LogP contribution in [0.5, 0.6) is 5.88 Å². The van der Waals surface area contributed by atoms with Gasteiger partial charge in [-0.15, -0.1) is 0 Å². The van der Waals surface area contributed by atoms with Gasteiger partial charge in [-0.05, 0) is 48.2 Å². The molecular formula is C25H22Cl2N4O4S. The fraction of sp³-hybridized carbons (Fsp3) is 0.280. The number of hydrogen-bond donors (Lipinski definition) is 0. The molecule has 1 aliphatic rings. The van der Waals surface area contributed by atoms with E-state index >= 15 is 0 Å². The number of aromatic nitrogens is 2. The van der Waals surface area contributed by atoms with Gasteiger partial charge in [0.2, 0.25) is 5.88 Å². The average Bonchev–Trinajstić information content (AvgIpc) is 3.29. The van der Waals surface area contributed by atoms with Crippen molar-refractivity contribution in [3.63, 3.8) is 0 Å². The molecule has 4 rings (SSSR count). The van der Waals surface area contributed by atoms with E-state index in [9.17, 15) is 13.2 Å². The molecule has 3 aromatic rings. The Labute approximate surface area is 219 Å². The molecule has 0 N–H and O–H groups in total. The molecule has 1 aromatic carbocycles. The highest BCUT2D eigenvalue weighted by atomic mass is 35.5. The molecule has 0 radical (unpaired) electrons. The Morgan fingerprint density at radius 2 is 1.92 bits per heavy atom. The third kappa shape index (κ3) is 5.95. The number of hydrogen-bond acceptors (Lipinski definition) is 7. The van der Waals surface area contributed by atoms with Crippen LogP contribution < -0.4 is 4.74 Å². The van der Waals surface area contributed by atoms with Gasteiger partial charge < -0.3 is 9.64 Å². The molecule has 2 aromatic heterocycles. The van der Waals surface area contributed by atoms with Crippen molar-refractivity contribution in [3.8, 4) is 11.9 Å². The maximum Gasteiger partial charge on any atom is 0.255 e. The zero-order valence-corrected chi connectivity index (χ0v) is 21.6. The van der Waals surface area contributed by atoms with Gasteiger partial charge in [-0.2, -0.15) is 5.26 Å². The van der Waals surface area contributed by atoms with Gasteiger partial charge >= 0.3 is 0 Å². The van der Waals surface area contributed by atoms with Crippen molar-refractivity contribution >= 4 is 38.9 Å². The lowest BCUT2D eigenvalue weighted by atomic mass is 9.87. The largest absolute Gasteiger partial charge is 0.478 e. The van der Waals surface area contributed by atoms with Crippen molar-refractivity contribution in [2.24, 2.45) is 5.92 Å². The molecule has 0 saturated carbocycles.